The van der Waals surface area contributed by atoms with E-state index in [1.165, 1.54) is 0 Å². The number of nitrogens with zero attached hydrogens (tertiary/aromatic N) is 1. The van der Waals surface area contributed by atoms with E-state index in [1.807, 2.05) is 6.07 Å². The average molecular weight is 318 g/mol. The molecule has 0 aromatic heterocycles. The van der Waals surface area contributed by atoms with E-state index in [0.717, 1.165) is 5.56 Å². The summed E-state index contributed by atoms with van der Waals surface area (Å²) in [5.74, 6) is -0.555. The molecule has 0 heterocycles. The number of ether oxygens (including phenoxy) is 1. The van der Waals surface area contributed by atoms with Gasteiger partial charge in [-0.1, -0.05) is 30.3 Å². The molecule has 1 aromatic carbocycles. The molecule has 2 unspecified atom stereocenters. The van der Waals surface area contributed by atoms with Gasteiger partial charge in [-0.2, -0.15) is 0 Å². The van der Waals surface area contributed by atoms with Crippen LogP contribution in [-0.2, 0) is 9.53 Å². The maximum atomic E-state index is 11.9. The van der Waals surface area contributed by atoms with Crippen molar-refractivity contribution in [3.8, 4) is 0 Å². The van der Waals surface area contributed by atoms with Gasteiger partial charge in [-0.15, -0.1) is 0 Å². The van der Waals surface area contributed by atoms with Gasteiger partial charge in [0.05, 0.1) is 6.42 Å². The Hall–Kier alpha value is -2.39. The van der Waals surface area contributed by atoms with Crippen molar-refractivity contribution in [3.63, 3.8) is 0 Å². The van der Waals surface area contributed by atoms with Crippen molar-refractivity contribution in [2.75, 3.05) is 6.61 Å². The molecule has 0 aliphatic rings. The summed E-state index contributed by atoms with van der Waals surface area (Å²) in [6.45, 7) is 11.7. The van der Waals surface area contributed by atoms with Crippen LogP contribution >= 0.6 is 0 Å². The molecule has 0 spiro atoms. The number of aliphatic hydroxyl groups excluding tert-OH is 1. The number of aliphatic hydroxyl groups is 1. The van der Waals surface area contributed by atoms with E-state index in [0.29, 0.717) is 0 Å². The smallest absolute Gasteiger partial charge is 0.408 e. The van der Waals surface area contributed by atoms with Crippen LogP contribution in [0.5, 0.6) is 0 Å². The van der Waals surface area contributed by atoms with E-state index in [2.05, 4.69) is 10.2 Å². The Bertz CT molecular complexity index is 572. The average Bonchev–Trinajstić information content (AvgIpc) is 2.49. The van der Waals surface area contributed by atoms with Crippen molar-refractivity contribution in [1.29, 1.82) is 0 Å². The van der Waals surface area contributed by atoms with E-state index in [4.69, 9.17) is 16.4 Å². The molecule has 0 fully saturated rings. The number of hydrogen-bond acceptors (Lipinski definition) is 4. The molecular weight excluding hydrogens is 296 g/mol. The van der Waals surface area contributed by atoms with Crippen LogP contribution in [-0.4, -0.2) is 35.2 Å². The number of rotatable bonds is 6. The molecule has 0 aliphatic heterocycles. The second-order valence-electron chi connectivity index (χ2n) is 6.11. The van der Waals surface area contributed by atoms with Crippen molar-refractivity contribution in [2.24, 2.45) is 0 Å². The SMILES string of the molecule is [C-]#[N+]C(CC(NC(=O)OC(C)(C)C)C(=O)CO)c1ccccc1. The number of carbonyl (C=O) groups is 2. The van der Waals surface area contributed by atoms with Crippen molar-refractivity contribution in [1.82, 2.24) is 5.32 Å². The third-order valence-electron chi connectivity index (χ3n) is 3.03. The number of alkyl carbamates (subject to hydrolysis) is 1. The van der Waals surface area contributed by atoms with Crippen molar-refractivity contribution in [3.05, 3.63) is 47.3 Å². The molecule has 1 aromatic rings. The van der Waals surface area contributed by atoms with E-state index >= 15 is 0 Å². The zero-order valence-electron chi connectivity index (χ0n) is 13.6. The summed E-state index contributed by atoms with van der Waals surface area (Å²) < 4.78 is 5.12. The highest BCUT2D eigenvalue weighted by Crippen LogP contribution is 2.23. The molecule has 0 aliphatic carbocycles. The number of amides is 1. The fraction of sp³-hybridized carbons (Fsp3) is 0.471. The quantitative estimate of drug-likeness (QED) is 0.790. The summed E-state index contributed by atoms with van der Waals surface area (Å²) in [7, 11) is 0. The molecule has 23 heavy (non-hydrogen) atoms. The number of ketones is 1. The zero-order valence-corrected chi connectivity index (χ0v) is 13.6. The third kappa shape index (κ3) is 6.49. The Kier molecular flexibility index (Phi) is 6.73. The number of benzene rings is 1. The number of Topliss-reactive ketones (excluding diaryl/α,β-unsaturated/α-hetero) is 1. The molecule has 6 heteroatoms. The minimum atomic E-state index is -0.978. The van der Waals surface area contributed by atoms with Crippen LogP contribution in [0.4, 0.5) is 4.79 Å². The van der Waals surface area contributed by atoms with Crippen LogP contribution in [0.15, 0.2) is 30.3 Å². The van der Waals surface area contributed by atoms with Gasteiger partial charge in [-0.05, 0) is 20.8 Å². The van der Waals surface area contributed by atoms with E-state index in [1.54, 1.807) is 45.0 Å². The summed E-state index contributed by atoms with van der Waals surface area (Å²) in [5.41, 5.74) is 0.0550. The van der Waals surface area contributed by atoms with Crippen LogP contribution in [0.2, 0.25) is 0 Å². The molecule has 1 rings (SSSR count). The second-order valence-corrected chi connectivity index (χ2v) is 6.11. The van der Waals surface area contributed by atoms with Crippen molar-refractivity contribution < 1.29 is 19.4 Å². The highest BCUT2D eigenvalue weighted by atomic mass is 16.6. The standard InChI is InChI=1S/C17H22N2O4/c1-17(2,3)23-16(22)19-14(15(21)11-20)10-13(18-4)12-8-6-5-7-9-12/h5-9,13-14,20H,10-11H2,1-3H3,(H,19,22). The first-order valence-electron chi connectivity index (χ1n) is 7.31. The highest BCUT2D eigenvalue weighted by Gasteiger charge is 2.29. The molecular formula is C17H22N2O4. The largest absolute Gasteiger partial charge is 0.444 e. The van der Waals surface area contributed by atoms with Crippen LogP contribution in [0, 0.1) is 6.57 Å². The lowest BCUT2D eigenvalue weighted by Gasteiger charge is -2.23. The molecule has 0 saturated carbocycles. The highest BCUT2D eigenvalue weighted by molar-refractivity contribution is 5.88. The van der Waals surface area contributed by atoms with Crippen LogP contribution in [0.1, 0.15) is 38.8 Å². The Labute approximate surface area is 136 Å². The molecule has 124 valence electrons. The molecule has 2 atom stereocenters. The first-order chi connectivity index (χ1) is 10.8. The van der Waals surface area contributed by atoms with Gasteiger partial charge in [0.1, 0.15) is 18.2 Å². The van der Waals surface area contributed by atoms with Gasteiger partial charge < -0.3 is 20.0 Å². The first kappa shape index (κ1) is 18.7. The minimum Gasteiger partial charge on any atom is -0.444 e. The third-order valence-corrected chi connectivity index (χ3v) is 3.03. The number of carbonyl (C=O) groups excluding carboxylic acids is 2. The summed E-state index contributed by atoms with van der Waals surface area (Å²) in [6.07, 6.45) is -0.673. The summed E-state index contributed by atoms with van der Waals surface area (Å²) in [6, 6.07) is 7.45. The molecule has 0 saturated heterocycles. The van der Waals surface area contributed by atoms with Crippen molar-refractivity contribution >= 4 is 11.9 Å². The maximum Gasteiger partial charge on any atom is 0.408 e. The predicted molar refractivity (Wildman–Crippen MR) is 85.7 cm³/mol. The van der Waals surface area contributed by atoms with Gasteiger partial charge in [0.2, 0.25) is 0 Å². The van der Waals surface area contributed by atoms with E-state index in [9.17, 15) is 9.59 Å². The lowest BCUT2D eigenvalue weighted by molar-refractivity contribution is -0.124. The summed E-state index contributed by atoms with van der Waals surface area (Å²) >= 11 is 0. The minimum absolute atomic E-state index is 0.0755. The Morgan fingerprint density at radius 2 is 1.91 bits per heavy atom. The van der Waals surface area contributed by atoms with Gasteiger partial charge in [0.15, 0.2) is 5.78 Å². The van der Waals surface area contributed by atoms with Crippen LogP contribution in [0.3, 0.4) is 0 Å². The molecule has 1 amide bonds. The lowest BCUT2D eigenvalue weighted by atomic mass is 9.98. The Morgan fingerprint density at radius 1 is 1.30 bits per heavy atom. The normalized spacial score (nSPS) is 13.5. The first-order valence-corrected chi connectivity index (χ1v) is 7.31. The van der Waals surface area contributed by atoms with E-state index < -0.39 is 36.2 Å². The Morgan fingerprint density at radius 3 is 2.39 bits per heavy atom. The number of hydrogen-bond donors (Lipinski definition) is 2. The van der Waals surface area contributed by atoms with Gasteiger partial charge in [-0.25, -0.2) is 11.4 Å². The predicted octanol–water partition coefficient (Wildman–Crippen LogP) is 2.49. The summed E-state index contributed by atoms with van der Waals surface area (Å²) in [4.78, 5) is 27.2. The number of nitrogens with one attached hydrogen (secondary N) is 1. The molecule has 0 radical (unpaired) electrons. The van der Waals surface area contributed by atoms with E-state index in [-0.39, 0.29) is 6.42 Å². The fourth-order valence-electron chi connectivity index (χ4n) is 1.99. The molecule has 0 bridgehead atoms. The van der Waals surface area contributed by atoms with Gasteiger partial charge >= 0.3 is 6.09 Å². The second kappa shape index (κ2) is 8.30. The monoisotopic (exact) mass is 318 g/mol. The lowest BCUT2D eigenvalue weighted by Crippen LogP contribution is -2.45. The molecule has 6 nitrogen and oxygen atoms in total. The molecule has 2 N–H and O–H groups in total. The topological polar surface area (TPSA) is 80.0 Å². The van der Waals surface area contributed by atoms with Crippen LogP contribution < -0.4 is 5.32 Å². The maximum absolute atomic E-state index is 11.9. The van der Waals surface area contributed by atoms with Gasteiger partial charge in [0, 0.05) is 5.56 Å². The zero-order chi connectivity index (χ0) is 17.5. The van der Waals surface area contributed by atoms with Gasteiger partial charge in [-0.3, -0.25) is 4.79 Å². The Balaban J connectivity index is 2.84. The summed E-state index contributed by atoms with van der Waals surface area (Å²) in [5, 5.41) is 11.5. The van der Waals surface area contributed by atoms with Crippen LogP contribution in [0.25, 0.3) is 4.85 Å². The van der Waals surface area contributed by atoms with Crippen molar-refractivity contribution in [2.45, 2.75) is 44.9 Å². The fourth-order valence-corrected chi connectivity index (χ4v) is 1.99. The van der Waals surface area contributed by atoms with Gasteiger partial charge in [0.25, 0.3) is 6.04 Å².